The summed E-state index contributed by atoms with van der Waals surface area (Å²) >= 11 is 0. The van der Waals surface area contributed by atoms with Gasteiger partial charge in [-0.05, 0) is 97.2 Å². The van der Waals surface area contributed by atoms with Crippen molar-refractivity contribution in [2.75, 3.05) is 0 Å². The first-order valence-electron chi connectivity index (χ1n) is 11.4. The van der Waals surface area contributed by atoms with Crippen LogP contribution in [-0.2, 0) is 5.41 Å². The van der Waals surface area contributed by atoms with Crippen molar-refractivity contribution in [2.45, 2.75) is 47.0 Å². The molecule has 0 radical (unpaired) electrons. The van der Waals surface area contributed by atoms with Gasteiger partial charge in [-0.3, -0.25) is 0 Å². The number of halogens is 2. The molecule has 166 valence electrons. The van der Waals surface area contributed by atoms with Gasteiger partial charge in [-0.2, -0.15) is 0 Å². The largest absolute Gasteiger partial charge is 0.206 e. The molecule has 0 bridgehead atoms. The Bertz CT molecular complexity index is 1280. The number of rotatable bonds is 2. The predicted octanol–water partition coefficient (Wildman–Crippen LogP) is 8.18. The molecule has 4 aromatic rings. The Morgan fingerprint density at radius 2 is 0.818 bits per heavy atom. The number of hydrogen-bond donors (Lipinski definition) is 0. The maximum absolute atomic E-state index is 14.8. The van der Waals surface area contributed by atoms with Crippen LogP contribution in [0.4, 0.5) is 8.78 Å². The second-order valence-corrected chi connectivity index (χ2v) is 9.70. The number of fused-ring (bicyclic) bond motifs is 3. The SMILES string of the molecule is Cc1ccc2c(c1)C(c1cc(C)c(F)c(C)c1)(c1cc(C)c(F)c(C)c1)c1cc(C)ccc1-2. The fraction of sp³-hybridized carbons (Fsp3) is 0.226. The summed E-state index contributed by atoms with van der Waals surface area (Å²) in [4.78, 5) is 0. The van der Waals surface area contributed by atoms with Crippen LogP contribution < -0.4 is 0 Å². The minimum absolute atomic E-state index is 0.174. The van der Waals surface area contributed by atoms with Crippen molar-refractivity contribution in [3.63, 3.8) is 0 Å². The summed E-state index contributed by atoms with van der Waals surface area (Å²) in [6, 6.07) is 21.0. The molecule has 0 aliphatic heterocycles. The fourth-order valence-corrected chi connectivity index (χ4v) is 5.67. The zero-order valence-corrected chi connectivity index (χ0v) is 20.0. The molecule has 0 atom stereocenters. The lowest BCUT2D eigenvalue weighted by atomic mass is 9.66. The van der Waals surface area contributed by atoms with E-state index in [4.69, 9.17) is 0 Å². The summed E-state index contributed by atoms with van der Waals surface area (Å²) in [5, 5.41) is 0. The van der Waals surface area contributed by atoms with Gasteiger partial charge in [0, 0.05) is 0 Å². The number of hydrogen-bond acceptors (Lipinski definition) is 0. The smallest absolute Gasteiger partial charge is 0.129 e. The lowest BCUT2D eigenvalue weighted by Crippen LogP contribution is -2.29. The second kappa shape index (κ2) is 7.38. The van der Waals surface area contributed by atoms with Crippen LogP contribution in [0.25, 0.3) is 11.1 Å². The van der Waals surface area contributed by atoms with Gasteiger partial charge in [0.25, 0.3) is 0 Å². The zero-order valence-electron chi connectivity index (χ0n) is 20.0. The maximum atomic E-state index is 14.8. The lowest BCUT2D eigenvalue weighted by Gasteiger charge is -2.35. The average molecular weight is 439 g/mol. The van der Waals surface area contributed by atoms with Gasteiger partial charge < -0.3 is 0 Å². The summed E-state index contributed by atoms with van der Waals surface area (Å²) in [5.74, 6) is -0.348. The molecule has 4 aromatic carbocycles. The van der Waals surface area contributed by atoms with Crippen molar-refractivity contribution >= 4 is 0 Å². The summed E-state index contributed by atoms with van der Waals surface area (Å²) < 4.78 is 29.6. The Morgan fingerprint density at radius 1 is 0.485 bits per heavy atom. The van der Waals surface area contributed by atoms with E-state index in [0.717, 1.165) is 22.3 Å². The van der Waals surface area contributed by atoms with Gasteiger partial charge in [-0.25, -0.2) is 8.78 Å². The van der Waals surface area contributed by atoms with Crippen LogP contribution in [0.1, 0.15) is 55.6 Å². The maximum Gasteiger partial charge on any atom is 0.129 e. The number of aryl methyl sites for hydroxylation is 6. The Hall–Kier alpha value is -3.26. The highest BCUT2D eigenvalue weighted by atomic mass is 19.1. The summed E-state index contributed by atoms with van der Waals surface area (Å²) in [7, 11) is 0. The van der Waals surface area contributed by atoms with E-state index in [0.29, 0.717) is 22.3 Å². The minimum atomic E-state index is -0.658. The molecule has 2 heteroatoms. The lowest BCUT2D eigenvalue weighted by molar-refractivity contribution is 0.602. The van der Waals surface area contributed by atoms with Crippen molar-refractivity contribution in [1.29, 1.82) is 0 Å². The first-order chi connectivity index (χ1) is 15.6. The summed E-state index contributed by atoms with van der Waals surface area (Å²) in [6.45, 7) is 11.5. The topological polar surface area (TPSA) is 0 Å². The van der Waals surface area contributed by atoms with Crippen molar-refractivity contribution in [3.05, 3.63) is 128 Å². The van der Waals surface area contributed by atoms with Crippen molar-refractivity contribution in [2.24, 2.45) is 0 Å². The van der Waals surface area contributed by atoms with E-state index in [1.807, 2.05) is 52.0 Å². The van der Waals surface area contributed by atoms with E-state index < -0.39 is 5.41 Å². The molecule has 0 spiro atoms. The highest BCUT2D eigenvalue weighted by Gasteiger charge is 2.47. The standard InChI is InChI=1S/C31H28F2/c1-17-7-9-25-26-10-8-18(2)12-28(26)31(27(25)11-17,23-13-19(3)29(32)20(4)14-23)24-15-21(5)30(33)22(6)16-24/h7-16H,1-6H3. The molecule has 33 heavy (non-hydrogen) atoms. The molecule has 0 saturated carbocycles. The van der Waals surface area contributed by atoms with Crippen molar-refractivity contribution < 1.29 is 8.78 Å². The molecule has 0 aromatic heterocycles. The van der Waals surface area contributed by atoms with Crippen LogP contribution >= 0.6 is 0 Å². The molecule has 0 saturated heterocycles. The van der Waals surface area contributed by atoms with Crippen LogP contribution in [-0.4, -0.2) is 0 Å². The first-order valence-corrected chi connectivity index (χ1v) is 11.4. The third-order valence-electron chi connectivity index (χ3n) is 7.19. The molecule has 1 aliphatic carbocycles. The van der Waals surface area contributed by atoms with Crippen LogP contribution in [0.15, 0.2) is 60.7 Å². The van der Waals surface area contributed by atoms with Crippen LogP contribution in [0, 0.1) is 53.2 Å². The highest BCUT2D eigenvalue weighted by molar-refractivity contribution is 5.87. The van der Waals surface area contributed by atoms with E-state index in [9.17, 15) is 8.78 Å². The molecule has 0 fully saturated rings. The van der Waals surface area contributed by atoms with E-state index >= 15 is 0 Å². The van der Waals surface area contributed by atoms with E-state index in [1.165, 1.54) is 22.3 Å². The highest BCUT2D eigenvalue weighted by Crippen LogP contribution is 2.57. The summed E-state index contributed by atoms with van der Waals surface area (Å²) in [6.07, 6.45) is 0. The molecule has 0 amide bonds. The minimum Gasteiger partial charge on any atom is -0.206 e. The second-order valence-electron chi connectivity index (χ2n) is 9.70. The van der Waals surface area contributed by atoms with Gasteiger partial charge in [0.1, 0.15) is 11.6 Å². The quantitative estimate of drug-likeness (QED) is 0.261. The van der Waals surface area contributed by atoms with Gasteiger partial charge >= 0.3 is 0 Å². The Balaban J connectivity index is 2.03. The van der Waals surface area contributed by atoms with Crippen LogP contribution in [0.3, 0.4) is 0 Å². The first kappa shape index (κ1) is 21.6. The average Bonchev–Trinajstić information content (AvgIpc) is 3.04. The van der Waals surface area contributed by atoms with Gasteiger partial charge in [-0.1, -0.05) is 71.8 Å². The molecule has 0 nitrogen and oxygen atoms in total. The van der Waals surface area contributed by atoms with Gasteiger partial charge in [0.2, 0.25) is 0 Å². The third-order valence-corrected chi connectivity index (χ3v) is 7.19. The van der Waals surface area contributed by atoms with Crippen LogP contribution in [0.5, 0.6) is 0 Å². The molecule has 5 rings (SSSR count). The van der Waals surface area contributed by atoms with E-state index in [1.54, 1.807) is 0 Å². The normalized spacial score (nSPS) is 13.7. The van der Waals surface area contributed by atoms with Gasteiger partial charge in [-0.15, -0.1) is 0 Å². The molecule has 0 N–H and O–H groups in total. The van der Waals surface area contributed by atoms with Crippen LogP contribution in [0.2, 0.25) is 0 Å². The van der Waals surface area contributed by atoms with Crippen molar-refractivity contribution in [1.82, 2.24) is 0 Å². The zero-order chi connectivity index (χ0) is 23.7. The molecule has 0 unspecified atom stereocenters. The van der Waals surface area contributed by atoms with E-state index in [-0.39, 0.29) is 11.6 Å². The van der Waals surface area contributed by atoms with E-state index in [2.05, 4.69) is 50.2 Å². The fourth-order valence-electron chi connectivity index (χ4n) is 5.67. The Labute approximate surface area is 194 Å². The third kappa shape index (κ3) is 3.00. The molecule has 1 aliphatic rings. The number of benzene rings is 4. The summed E-state index contributed by atoms with van der Waals surface area (Å²) in [5.41, 5.74) is 10.9. The molecule has 0 heterocycles. The van der Waals surface area contributed by atoms with Gasteiger partial charge in [0.05, 0.1) is 5.41 Å². The monoisotopic (exact) mass is 438 g/mol. The Morgan fingerprint density at radius 3 is 1.15 bits per heavy atom. The predicted molar refractivity (Wildman–Crippen MR) is 132 cm³/mol. The Kier molecular flexibility index (Phi) is 4.83. The molecular weight excluding hydrogens is 410 g/mol. The van der Waals surface area contributed by atoms with Gasteiger partial charge in [0.15, 0.2) is 0 Å². The molecular formula is C31H28F2. The van der Waals surface area contributed by atoms with Crippen molar-refractivity contribution in [3.8, 4) is 11.1 Å².